The quantitative estimate of drug-likeness (QED) is 0.585. The van der Waals surface area contributed by atoms with Crippen molar-refractivity contribution in [2.24, 2.45) is 5.10 Å². The number of aryl methyl sites for hydroxylation is 1. The fourth-order valence-corrected chi connectivity index (χ4v) is 1.93. The zero-order valence-electron chi connectivity index (χ0n) is 14.2. The van der Waals surface area contributed by atoms with Gasteiger partial charge in [-0.05, 0) is 31.2 Å². The van der Waals surface area contributed by atoms with Crippen LogP contribution in [0.2, 0.25) is 0 Å². The Morgan fingerprint density at radius 2 is 1.84 bits per heavy atom. The van der Waals surface area contributed by atoms with Crippen LogP contribution < -0.4 is 20.2 Å². The lowest BCUT2D eigenvalue weighted by molar-refractivity contribution is -0.120. The van der Waals surface area contributed by atoms with Gasteiger partial charge < -0.3 is 19.2 Å². The molecule has 2 amide bonds. The number of carbonyl (C=O) groups excluding carboxylic acids is 2. The Morgan fingerprint density at radius 1 is 1.16 bits per heavy atom. The third-order valence-corrected chi connectivity index (χ3v) is 3.17. The molecule has 8 heteroatoms. The zero-order valence-corrected chi connectivity index (χ0v) is 14.2. The number of hydrogen-bond donors (Lipinski definition) is 2. The first-order valence-electron chi connectivity index (χ1n) is 7.41. The summed E-state index contributed by atoms with van der Waals surface area (Å²) < 4.78 is 15.5. The molecule has 2 N–H and O–H groups in total. The van der Waals surface area contributed by atoms with E-state index in [2.05, 4.69) is 15.8 Å². The van der Waals surface area contributed by atoms with Gasteiger partial charge in [0.2, 0.25) is 0 Å². The normalized spacial score (nSPS) is 10.5. The molecule has 0 bridgehead atoms. The molecule has 0 unspecified atom stereocenters. The second-order valence-electron chi connectivity index (χ2n) is 5.03. The molecule has 0 saturated heterocycles. The van der Waals surface area contributed by atoms with Crippen molar-refractivity contribution in [2.45, 2.75) is 6.92 Å². The van der Waals surface area contributed by atoms with Crippen LogP contribution in [0, 0.1) is 6.92 Å². The maximum absolute atomic E-state index is 12.1. The van der Waals surface area contributed by atoms with Gasteiger partial charge >= 0.3 is 0 Å². The summed E-state index contributed by atoms with van der Waals surface area (Å²) in [4.78, 5) is 23.8. The van der Waals surface area contributed by atoms with Crippen molar-refractivity contribution in [1.82, 2.24) is 10.7 Å². The van der Waals surface area contributed by atoms with Crippen LogP contribution in [0.5, 0.6) is 11.5 Å². The lowest BCUT2D eigenvalue weighted by Gasteiger charge is -2.08. The predicted octanol–water partition coefficient (Wildman–Crippen LogP) is 1.49. The molecule has 1 aromatic heterocycles. The molecular formula is C17H19N3O5. The molecule has 132 valence electrons. The number of nitrogens with one attached hydrogen (secondary N) is 2. The fourth-order valence-electron chi connectivity index (χ4n) is 1.93. The zero-order chi connectivity index (χ0) is 18.2. The van der Waals surface area contributed by atoms with Gasteiger partial charge in [-0.3, -0.25) is 9.59 Å². The van der Waals surface area contributed by atoms with Crippen molar-refractivity contribution in [3.05, 3.63) is 47.4 Å². The fraction of sp³-hybridized carbons (Fsp3) is 0.235. The first-order valence-corrected chi connectivity index (χ1v) is 7.41. The highest BCUT2D eigenvalue weighted by atomic mass is 16.5. The number of methoxy groups -OCH3 is 2. The molecule has 0 atom stereocenters. The number of nitrogens with zero attached hydrogens (tertiary/aromatic N) is 1. The third kappa shape index (κ3) is 5.38. The number of hydrazone groups is 1. The van der Waals surface area contributed by atoms with Gasteiger partial charge in [0.05, 0.1) is 27.0 Å². The lowest BCUT2D eigenvalue weighted by atomic mass is 10.2. The molecule has 2 rings (SSSR count). The highest BCUT2D eigenvalue weighted by Crippen LogP contribution is 2.22. The molecule has 25 heavy (non-hydrogen) atoms. The van der Waals surface area contributed by atoms with Crippen molar-refractivity contribution in [3.8, 4) is 11.5 Å². The van der Waals surface area contributed by atoms with Gasteiger partial charge in [-0.25, -0.2) is 5.43 Å². The Balaban J connectivity index is 1.86. The van der Waals surface area contributed by atoms with Crippen LogP contribution in [0.25, 0.3) is 0 Å². The molecule has 0 saturated carbocycles. The minimum Gasteiger partial charge on any atom is -0.497 e. The van der Waals surface area contributed by atoms with Gasteiger partial charge in [0, 0.05) is 11.6 Å². The van der Waals surface area contributed by atoms with Crippen LogP contribution in [0.4, 0.5) is 0 Å². The highest BCUT2D eigenvalue weighted by Gasteiger charge is 2.11. The Kier molecular flexibility index (Phi) is 6.16. The molecular weight excluding hydrogens is 326 g/mol. The summed E-state index contributed by atoms with van der Waals surface area (Å²) in [5.74, 6) is 1.32. The van der Waals surface area contributed by atoms with Gasteiger partial charge in [-0.1, -0.05) is 0 Å². The molecule has 1 heterocycles. The van der Waals surface area contributed by atoms with Crippen molar-refractivity contribution in [2.75, 3.05) is 20.8 Å². The molecule has 0 aliphatic carbocycles. The molecule has 0 spiro atoms. The minimum absolute atomic E-state index is 0.229. The van der Waals surface area contributed by atoms with Gasteiger partial charge in [0.1, 0.15) is 23.0 Å². The summed E-state index contributed by atoms with van der Waals surface area (Å²) in [7, 11) is 2.98. The van der Waals surface area contributed by atoms with Gasteiger partial charge in [0.15, 0.2) is 0 Å². The number of carbonyl (C=O) groups is 2. The largest absolute Gasteiger partial charge is 0.497 e. The lowest BCUT2D eigenvalue weighted by Crippen LogP contribution is -2.34. The van der Waals surface area contributed by atoms with Crippen molar-refractivity contribution < 1.29 is 23.5 Å². The van der Waals surface area contributed by atoms with Crippen molar-refractivity contribution in [1.29, 1.82) is 0 Å². The van der Waals surface area contributed by atoms with Crippen molar-refractivity contribution in [3.63, 3.8) is 0 Å². The summed E-state index contributed by atoms with van der Waals surface area (Å²) in [6.45, 7) is 1.58. The van der Waals surface area contributed by atoms with Gasteiger partial charge in [0.25, 0.3) is 11.8 Å². The average Bonchev–Trinajstić information content (AvgIpc) is 3.04. The number of benzene rings is 1. The monoisotopic (exact) mass is 345 g/mol. The second kappa shape index (κ2) is 8.53. The predicted molar refractivity (Wildman–Crippen MR) is 91.1 cm³/mol. The minimum atomic E-state index is -0.470. The second-order valence-corrected chi connectivity index (χ2v) is 5.03. The maximum atomic E-state index is 12.1. The molecule has 0 aliphatic heterocycles. The Labute approximate surface area is 144 Å². The highest BCUT2D eigenvalue weighted by molar-refractivity contribution is 5.97. The molecule has 8 nitrogen and oxygen atoms in total. The van der Waals surface area contributed by atoms with E-state index in [0.717, 1.165) is 5.76 Å². The van der Waals surface area contributed by atoms with Crippen LogP contribution in [0.3, 0.4) is 0 Å². The Bertz CT molecular complexity index is 760. The van der Waals surface area contributed by atoms with E-state index in [9.17, 15) is 9.59 Å². The number of furan rings is 1. The van der Waals surface area contributed by atoms with Crippen LogP contribution in [-0.2, 0) is 4.79 Å². The molecule has 0 aliphatic rings. The summed E-state index contributed by atoms with van der Waals surface area (Å²) >= 11 is 0. The van der Waals surface area contributed by atoms with E-state index in [-0.39, 0.29) is 6.54 Å². The van der Waals surface area contributed by atoms with Gasteiger partial charge in [-0.2, -0.15) is 5.10 Å². The maximum Gasteiger partial charge on any atom is 0.259 e. The SMILES string of the molecule is COc1cc(OC)cc(C(=O)NCC(=O)N/N=C/c2ccc(C)o2)c1. The van der Waals surface area contributed by atoms with E-state index in [1.54, 1.807) is 37.3 Å². The van der Waals surface area contributed by atoms with E-state index in [1.165, 1.54) is 20.4 Å². The van der Waals surface area contributed by atoms with E-state index < -0.39 is 11.8 Å². The van der Waals surface area contributed by atoms with Crippen LogP contribution in [-0.4, -0.2) is 38.8 Å². The van der Waals surface area contributed by atoms with Crippen LogP contribution in [0.15, 0.2) is 39.9 Å². The van der Waals surface area contributed by atoms with E-state index in [1.807, 2.05) is 0 Å². The van der Waals surface area contributed by atoms with E-state index >= 15 is 0 Å². The topological polar surface area (TPSA) is 102 Å². The van der Waals surface area contributed by atoms with Crippen LogP contribution >= 0.6 is 0 Å². The van der Waals surface area contributed by atoms with Gasteiger partial charge in [-0.15, -0.1) is 0 Å². The van der Waals surface area contributed by atoms with Crippen LogP contribution in [0.1, 0.15) is 21.9 Å². The first kappa shape index (κ1) is 18.1. The summed E-state index contributed by atoms with van der Waals surface area (Å²) in [6, 6.07) is 8.25. The Hall–Kier alpha value is -3.29. The summed E-state index contributed by atoms with van der Waals surface area (Å²) in [5.41, 5.74) is 2.62. The number of amides is 2. The smallest absolute Gasteiger partial charge is 0.259 e. The summed E-state index contributed by atoms with van der Waals surface area (Å²) in [6.07, 6.45) is 1.37. The molecule has 0 fully saturated rings. The van der Waals surface area contributed by atoms with E-state index in [0.29, 0.717) is 22.8 Å². The Morgan fingerprint density at radius 3 is 2.40 bits per heavy atom. The number of rotatable bonds is 7. The standard InChI is InChI=1S/C17H19N3O5/c1-11-4-5-13(25-11)9-19-20-16(21)10-18-17(22)12-6-14(23-2)8-15(7-12)24-3/h4-9H,10H2,1-3H3,(H,18,22)(H,20,21)/b19-9+. The average molecular weight is 345 g/mol. The summed E-state index contributed by atoms with van der Waals surface area (Å²) in [5, 5.41) is 6.25. The van der Waals surface area contributed by atoms with Crippen molar-refractivity contribution >= 4 is 18.0 Å². The molecule has 2 aromatic rings. The number of hydrogen-bond acceptors (Lipinski definition) is 6. The third-order valence-electron chi connectivity index (χ3n) is 3.17. The molecule has 1 aromatic carbocycles. The number of ether oxygens (including phenoxy) is 2. The molecule has 0 radical (unpaired) electrons. The van der Waals surface area contributed by atoms with E-state index in [4.69, 9.17) is 13.9 Å². The first-order chi connectivity index (χ1) is 12.0.